The highest BCUT2D eigenvalue weighted by molar-refractivity contribution is 6.32. The average molecular weight is 163 g/mol. The molecule has 0 fully saturated rings. The minimum Gasteiger partial charge on any atom is -0.313 e. The van der Waals surface area contributed by atoms with Crippen LogP contribution >= 0.6 is 0 Å². The van der Waals surface area contributed by atoms with Crippen molar-refractivity contribution in [2.24, 2.45) is 0 Å². The summed E-state index contributed by atoms with van der Waals surface area (Å²) in [6, 6.07) is 4.76. The minimum absolute atomic E-state index is 0.0191. The van der Waals surface area contributed by atoms with E-state index in [1.54, 1.807) is 19.2 Å². The van der Waals surface area contributed by atoms with Gasteiger partial charge in [-0.15, -0.1) is 0 Å². The Morgan fingerprint density at radius 3 is 2.67 bits per heavy atom. The van der Waals surface area contributed by atoms with Gasteiger partial charge in [0.15, 0.2) is 0 Å². The van der Waals surface area contributed by atoms with E-state index in [1.165, 1.54) is 6.07 Å². The zero-order chi connectivity index (χ0) is 9.14. The van der Waals surface area contributed by atoms with Gasteiger partial charge in [0.2, 0.25) is 0 Å². The Labute approximate surface area is 73.4 Å². The first-order valence-corrected chi connectivity index (χ1v) is 3.87. The maximum atomic E-state index is 13.2. The van der Waals surface area contributed by atoms with E-state index < -0.39 is 0 Å². The minimum atomic E-state index is -0.253. The van der Waals surface area contributed by atoms with E-state index >= 15 is 0 Å². The third kappa shape index (κ3) is 1.86. The molecule has 0 bridgehead atoms. The fourth-order valence-corrected chi connectivity index (χ4v) is 1.05. The summed E-state index contributed by atoms with van der Waals surface area (Å²) in [5.41, 5.74) is 1.10. The van der Waals surface area contributed by atoms with Crippen molar-refractivity contribution >= 4 is 13.3 Å². The summed E-state index contributed by atoms with van der Waals surface area (Å²) in [6.07, 6.45) is 0. The second kappa shape index (κ2) is 3.72. The maximum Gasteiger partial charge on any atom is 0.127 e. The van der Waals surface area contributed by atoms with E-state index in [9.17, 15) is 4.39 Å². The molecule has 0 aliphatic rings. The van der Waals surface area contributed by atoms with E-state index in [-0.39, 0.29) is 11.9 Å². The monoisotopic (exact) mass is 163 g/mol. The SMILES string of the molecule is [B]c1ccc(C(C)NC)c(F)c1. The van der Waals surface area contributed by atoms with E-state index in [1.807, 2.05) is 6.92 Å². The lowest BCUT2D eigenvalue weighted by atomic mass is 9.93. The Kier molecular flexibility index (Phi) is 2.87. The molecule has 3 heteroatoms. The first-order valence-electron chi connectivity index (χ1n) is 3.87. The average Bonchev–Trinajstić information content (AvgIpc) is 2.03. The first-order chi connectivity index (χ1) is 5.65. The summed E-state index contributed by atoms with van der Waals surface area (Å²) in [5, 5.41) is 2.96. The van der Waals surface area contributed by atoms with Crippen LogP contribution in [0.2, 0.25) is 0 Å². The zero-order valence-corrected chi connectivity index (χ0v) is 7.26. The predicted octanol–water partition coefficient (Wildman–Crippen LogP) is 0.900. The van der Waals surface area contributed by atoms with Crippen molar-refractivity contribution in [3.8, 4) is 0 Å². The van der Waals surface area contributed by atoms with Crippen molar-refractivity contribution in [1.29, 1.82) is 0 Å². The van der Waals surface area contributed by atoms with Crippen LogP contribution in [-0.2, 0) is 0 Å². The second-order valence-corrected chi connectivity index (χ2v) is 2.79. The lowest BCUT2D eigenvalue weighted by Gasteiger charge is -2.11. The highest BCUT2D eigenvalue weighted by atomic mass is 19.1. The van der Waals surface area contributed by atoms with Crippen molar-refractivity contribution in [3.63, 3.8) is 0 Å². The molecule has 0 saturated heterocycles. The quantitative estimate of drug-likeness (QED) is 0.638. The van der Waals surface area contributed by atoms with E-state index in [0.717, 1.165) is 0 Å². The standard InChI is InChI=1S/C9H11BFN/c1-6(12-2)8-4-3-7(10)5-9(8)11/h3-6,12H,1-2H3. The molecule has 0 heterocycles. The molecule has 0 amide bonds. The molecular weight excluding hydrogens is 152 g/mol. The van der Waals surface area contributed by atoms with Gasteiger partial charge >= 0.3 is 0 Å². The van der Waals surface area contributed by atoms with Gasteiger partial charge in [-0.1, -0.05) is 17.6 Å². The van der Waals surface area contributed by atoms with E-state index in [0.29, 0.717) is 11.0 Å². The van der Waals surface area contributed by atoms with Gasteiger partial charge in [0.05, 0.1) is 0 Å². The fourth-order valence-electron chi connectivity index (χ4n) is 1.05. The number of hydrogen-bond donors (Lipinski definition) is 1. The van der Waals surface area contributed by atoms with Crippen molar-refractivity contribution < 1.29 is 4.39 Å². The molecule has 1 N–H and O–H groups in total. The lowest BCUT2D eigenvalue weighted by Crippen LogP contribution is -2.15. The smallest absolute Gasteiger partial charge is 0.127 e. The van der Waals surface area contributed by atoms with Crippen LogP contribution in [0.3, 0.4) is 0 Å². The van der Waals surface area contributed by atoms with Gasteiger partial charge in [0.25, 0.3) is 0 Å². The van der Waals surface area contributed by atoms with Gasteiger partial charge in [0.1, 0.15) is 13.7 Å². The molecule has 0 spiro atoms. The number of rotatable bonds is 2. The molecule has 0 saturated carbocycles. The zero-order valence-electron chi connectivity index (χ0n) is 7.26. The Bertz CT molecular complexity index is 275. The Balaban J connectivity index is 3.01. The number of nitrogens with one attached hydrogen (secondary N) is 1. The summed E-state index contributed by atoms with van der Waals surface area (Å²) >= 11 is 0. The molecule has 12 heavy (non-hydrogen) atoms. The van der Waals surface area contributed by atoms with Crippen LogP contribution in [0.15, 0.2) is 18.2 Å². The van der Waals surface area contributed by atoms with E-state index in [4.69, 9.17) is 7.85 Å². The highest BCUT2D eigenvalue weighted by Crippen LogP contribution is 2.13. The molecule has 1 aromatic rings. The van der Waals surface area contributed by atoms with Gasteiger partial charge in [-0.3, -0.25) is 0 Å². The van der Waals surface area contributed by atoms with Crippen molar-refractivity contribution in [1.82, 2.24) is 5.32 Å². The van der Waals surface area contributed by atoms with Crippen molar-refractivity contribution in [2.75, 3.05) is 7.05 Å². The maximum absolute atomic E-state index is 13.2. The largest absolute Gasteiger partial charge is 0.313 e. The molecule has 1 aromatic carbocycles. The third-order valence-corrected chi connectivity index (χ3v) is 1.92. The Morgan fingerprint density at radius 2 is 2.17 bits per heavy atom. The summed E-state index contributed by atoms with van der Waals surface area (Å²) in [4.78, 5) is 0. The highest BCUT2D eigenvalue weighted by Gasteiger charge is 2.07. The molecular formula is C9H11BFN. The van der Waals surface area contributed by atoms with Crippen LogP contribution in [0.1, 0.15) is 18.5 Å². The Hall–Kier alpha value is -0.825. The van der Waals surface area contributed by atoms with E-state index in [2.05, 4.69) is 5.32 Å². The molecule has 62 valence electrons. The topological polar surface area (TPSA) is 12.0 Å². The molecule has 1 unspecified atom stereocenters. The van der Waals surface area contributed by atoms with Gasteiger partial charge in [-0.05, 0) is 20.0 Å². The van der Waals surface area contributed by atoms with Crippen LogP contribution in [0, 0.1) is 5.82 Å². The van der Waals surface area contributed by atoms with Gasteiger partial charge in [0, 0.05) is 11.6 Å². The van der Waals surface area contributed by atoms with Crippen LogP contribution < -0.4 is 10.8 Å². The third-order valence-electron chi connectivity index (χ3n) is 1.92. The molecule has 1 rings (SSSR count). The summed E-state index contributed by atoms with van der Waals surface area (Å²) in [5.74, 6) is -0.253. The number of halogens is 1. The molecule has 0 aliphatic carbocycles. The number of benzene rings is 1. The van der Waals surface area contributed by atoms with Crippen molar-refractivity contribution in [3.05, 3.63) is 29.6 Å². The van der Waals surface area contributed by atoms with Crippen molar-refractivity contribution in [2.45, 2.75) is 13.0 Å². The second-order valence-electron chi connectivity index (χ2n) is 2.79. The van der Waals surface area contributed by atoms with Crippen LogP contribution in [0.4, 0.5) is 4.39 Å². The first kappa shape index (κ1) is 9.26. The van der Waals surface area contributed by atoms with Gasteiger partial charge in [-0.2, -0.15) is 0 Å². The lowest BCUT2D eigenvalue weighted by molar-refractivity contribution is 0.563. The van der Waals surface area contributed by atoms with Gasteiger partial charge < -0.3 is 5.32 Å². The van der Waals surface area contributed by atoms with Gasteiger partial charge in [-0.25, -0.2) is 4.39 Å². The predicted molar refractivity (Wildman–Crippen MR) is 49.3 cm³/mol. The van der Waals surface area contributed by atoms with Crippen LogP contribution in [0.5, 0.6) is 0 Å². The molecule has 2 radical (unpaired) electrons. The normalized spacial score (nSPS) is 12.9. The van der Waals surface area contributed by atoms with Crippen LogP contribution in [-0.4, -0.2) is 14.9 Å². The molecule has 1 atom stereocenters. The summed E-state index contributed by atoms with van der Waals surface area (Å²) < 4.78 is 13.2. The Morgan fingerprint density at radius 1 is 1.50 bits per heavy atom. The summed E-state index contributed by atoms with van der Waals surface area (Å²) in [7, 11) is 7.20. The van der Waals surface area contributed by atoms with Crippen LogP contribution in [0.25, 0.3) is 0 Å². The molecule has 0 aromatic heterocycles. The fraction of sp³-hybridized carbons (Fsp3) is 0.333. The summed E-state index contributed by atoms with van der Waals surface area (Å²) in [6.45, 7) is 1.90. The molecule has 1 nitrogen and oxygen atoms in total. The number of hydrogen-bond acceptors (Lipinski definition) is 1. The molecule has 0 aliphatic heterocycles.